The molecule has 0 aliphatic carbocycles. The molecule has 0 bridgehead atoms. The van der Waals surface area contributed by atoms with E-state index < -0.39 is 0 Å². The summed E-state index contributed by atoms with van der Waals surface area (Å²) in [5, 5.41) is 3.57. The maximum absolute atomic E-state index is 3.57. The first kappa shape index (κ1) is 14.2. The first-order valence-corrected chi connectivity index (χ1v) is 6.89. The lowest BCUT2D eigenvalue weighted by molar-refractivity contribution is 0.481. The summed E-state index contributed by atoms with van der Waals surface area (Å²) in [6.45, 7) is 12.4. The molecule has 1 aromatic rings. The fourth-order valence-corrected chi connectivity index (χ4v) is 2.02. The summed E-state index contributed by atoms with van der Waals surface area (Å²) in [6.07, 6.45) is 1.20. The van der Waals surface area contributed by atoms with Crippen LogP contribution in [0.1, 0.15) is 64.0 Å². The molecule has 1 heteroatoms. The second-order valence-corrected chi connectivity index (χ2v) is 5.35. The fraction of sp³-hybridized carbons (Fsp3) is 0.625. The highest BCUT2D eigenvalue weighted by Crippen LogP contribution is 2.22. The van der Waals surface area contributed by atoms with Gasteiger partial charge in [0, 0.05) is 6.04 Å². The van der Waals surface area contributed by atoms with Crippen molar-refractivity contribution < 1.29 is 0 Å². The Kier molecular flexibility index (Phi) is 5.70. The number of nitrogens with one attached hydrogen (secondary N) is 1. The van der Waals surface area contributed by atoms with Gasteiger partial charge in [-0.25, -0.2) is 0 Å². The summed E-state index contributed by atoms with van der Waals surface area (Å²) in [5.74, 6) is 1.19. The summed E-state index contributed by atoms with van der Waals surface area (Å²) in [5.41, 5.74) is 2.86. The summed E-state index contributed by atoms with van der Waals surface area (Å²) in [4.78, 5) is 0. The molecule has 0 saturated carbocycles. The van der Waals surface area contributed by atoms with E-state index in [9.17, 15) is 0 Å². The lowest BCUT2D eigenvalue weighted by Crippen LogP contribution is -2.31. The molecule has 0 aliphatic rings. The minimum atomic E-state index is 0.542. The molecule has 0 radical (unpaired) electrons. The third kappa shape index (κ3) is 4.16. The molecule has 96 valence electrons. The van der Waals surface area contributed by atoms with Crippen molar-refractivity contribution in [3.63, 3.8) is 0 Å². The largest absolute Gasteiger partial charge is 0.314 e. The first-order valence-electron chi connectivity index (χ1n) is 6.89. The maximum atomic E-state index is 3.57. The van der Waals surface area contributed by atoms with Gasteiger partial charge in [-0.15, -0.1) is 0 Å². The molecule has 1 rings (SSSR count). The van der Waals surface area contributed by atoms with E-state index in [0.29, 0.717) is 17.9 Å². The van der Waals surface area contributed by atoms with Crippen molar-refractivity contribution in [1.82, 2.24) is 5.32 Å². The molecule has 0 spiro atoms. The van der Waals surface area contributed by atoms with Crippen molar-refractivity contribution in [2.75, 3.05) is 6.54 Å². The fourth-order valence-electron chi connectivity index (χ4n) is 2.02. The van der Waals surface area contributed by atoms with Crippen molar-refractivity contribution in [3.8, 4) is 0 Å². The lowest BCUT2D eigenvalue weighted by atomic mass is 9.92. The van der Waals surface area contributed by atoms with Crippen molar-refractivity contribution in [1.29, 1.82) is 0 Å². The Morgan fingerprint density at radius 3 is 1.94 bits per heavy atom. The molecule has 17 heavy (non-hydrogen) atoms. The van der Waals surface area contributed by atoms with Gasteiger partial charge in [-0.1, -0.05) is 52.0 Å². The molecule has 2 unspecified atom stereocenters. The highest BCUT2D eigenvalue weighted by Gasteiger charge is 2.13. The minimum Gasteiger partial charge on any atom is -0.314 e. The van der Waals surface area contributed by atoms with Crippen LogP contribution in [-0.2, 0) is 0 Å². The Hall–Kier alpha value is -0.820. The molecule has 1 nitrogen and oxygen atoms in total. The number of hydrogen-bond acceptors (Lipinski definition) is 1. The van der Waals surface area contributed by atoms with Gasteiger partial charge in [-0.2, -0.15) is 0 Å². The predicted molar refractivity (Wildman–Crippen MR) is 76.7 cm³/mol. The van der Waals surface area contributed by atoms with E-state index in [1.807, 2.05) is 0 Å². The van der Waals surface area contributed by atoms with E-state index in [-0.39, 0.29) is 0 Å². The van der Waals surface area contributed by atoms with Crippen molar-refractivity contribution in [2.45, 2.75) is 58.9 Å². The predicted octanol–water partition coefficient (Wildman–Crippen LogP) is 4.30. The van der Waals surface area contributed by atoms with Gasteiger partial charge < -0.3 is 5.32 Å². The van der Waals surface area contributed by atoms with Crippen molar-refractivity contribution >= 4 is 0 Å². The molecule has 0 saturated heterocycles. The summed E-state index contributed by atoms with van der Waals surface area (Å²) >= 11 is 0. The second kappa shape index (κ2) is 6.80. The van der Waals surface area contributed by atoms with Gasteiger partial charge in [0.25, 0.3) is 0 Å². The van der Waals surface area contributed by atoms with Crippen LogP contribution in [0, 0.1) is 0 Å². The zero-order chi connectivity index (χ0) is 12.8. The Labute approximate surface area is 107 Å². The Morgan fingerprint density at radius 2 is 1.47 bits per heavy atom. The maximum Gasteiger partial charge on any atom is 0.0105 e. The van der Waals surface area contributed by atoms with E-state index in [4.69, 9.17) is 0 Å². The zero-order valence-electron chi connectivity index (χ0n) is 12.0. The minimum absolute atomic E-state index is 0.542. The van der Waals surface area contributed by atoms with Crippen LogP contribution in [0.4, 0.5) is 0 Å². The second-order valence-electron chi connectivity index (χ2n) is 5.35. The van der Waals surface area contributed by atoms with Crippen molar-refractivity contribution in [2.24, 2.45) is 0 Å². The van der Waals surface area contributed by atoms with E-state index in [1.54, 1.807) is 0 Å². The summed E-state index contributed by atoms with van der Waals surface area (Å²) in [6, 6.07) is 9.64. The van der Waals surface area contributed by atoms with Crippen LogP contribution in [0.5, 0.6) is 0 Å². The molecular weight excluding hydrogens is 206 g/mol. The van der Waals surface area contributed by atoms with E-state index in [0.717, 1.165) is 6.54 Å². The van der Waals surface area contributed by atoms with Crippen LogP contribution in [-0.4, -0.2) is 12.6 Å². The highest BCUT2D eigenvalue weighted by atomic mass is 14.9. The van der Waals surface area contributed by atoms with Crippen LogP contribution >= 0.6 is 0 Å². The molecule has 0 aliphatic heterocycles. The van der Waals surface area contributed by atoms with Crippen LogP contribution in [0.3, 0.4) is 0 Å². The number of rotatable bonds is 6. The molecule has 0 amide bonds. The van der Waals surface area contributed by atoms with Gasteiger partial charge in [0.2, 0.25) is 0 Å². The molecule has 2 atom stereocenters. The van der Waals surface area contributed by atoms with E-state index in [1.165, 1.54) is 17.5 Å². The smallest absolute Gasteiger partial charge is 0.0105 e. The molecule has 0 aromatic heterocycles. The average Bonchev–Trinajstić information content (AvgIpc) is 2.35. The standard InChI is InChI=1S/C16H27N/c1-6-11-17-14(5)13(4)16-9-7-15(8-10-16)12(2)3/h7-10,12-14,17H,6,11H2,1-5H3. The van der Waals surface area contributed by atoms with Gasteiger partial charge >= 0.3 is 0 Å². The van der Waals surface area contributed by atoms with Gasteiger partial charge in [0.1, 0.15) is 0 Å². The SMILES string of the molecule is CCCNC(C)C(C)c1ccc(C(C)C)cc1. The normalized spacial score (nSPS) is 14.9. The Morgan fingerprint density at radius 1 is 0.941 bits per heavy atom. The summed E-state index contributed by atoms with van der Waals surface area (Å²) in [7, 11) is 0. The van der Waals surface area contributed by atoms with Gasteiger partial charge in [-0.3, -0.25) is 0 Å². The molecule has 0 fully saturated rings. The number of benzene rings is 1. The lowest BCUT2D eigenvalue weighted by Gasteiger charge is -2.22. The zero-order valence-corrected chi connectivity index (χ0v) is 12.0. The van der Waals surface area contributed by atoms with E-state index in [2.05, 4.69) is 64.2 Å². The topological polar surface area (TPSA) is 12.0 Å². The van der Waals surface area contributed by atoms with Gasteiger partial charge in [-0.05, 0) is 42.9 Å². The Balaban J connectivity index is 2.65. The Bertz CT molecular complexity index is 313. The van der Waals surface area contributed by atoms with Gasteiger partial charge in [0.15, 0.2) is 0 Å². The van der Waals surface area contributed by atoms with Crippen LogP contribution in [0.25, 0.3) is 0 Å². The van der Waals surface area contributed by atoms with Crippen LogP contribution in [0.15, 0.2) is 24.3 Å². The molecular formula is C16H27N. The highest BCUT2D eigenvalue weighted by molar-refractivity contribution is 5.27. The average molecular weight is 233 g/mol. The molecule has 1 N–H and O–H groups in total. The first-order chi connectivity index (χ1) is 8.06. The van der Waals surface area contributed by atoms with Crippen LogP contribution < -0.4 is 5.32 Å². The number of hydrogen-bond donors (Lipinski definition) is 1. The van der Waals surface area contributed by atoms with Crippen molar-refractivity contribution in [3.05, 3.63) is 35.4 Å². The third-order valence-electron chi connectivity index (χ3n) is 3.60. The summed E-state index contributed by atoms with van der Waals surface area (Å²) < 4.78 is 0. The molecule has 0 heterocycles. The molecule has 1 aromatic carbocycles. The van der Waals surface area contributed by atoms with Crippen LogP contribution in [0.2, 0.25) is 0 Å². The van der Waals surface area contributed by atoms with Gasteiger partial charge in [0.05, 0.1) is 0 Å². The van der Waals surface area contributed by atoms with E-state index >= 15 is 0 Å². The third-order valence-corrected chi connectivity index (χ3v) is 3.60. The quantitative estimate of drug-likeness (QED) is 0.772. The monoisotopic (exact) mass is 233 g/mol.